The van der Waals surface area contributed by atoms with Crippen LogP contribution in [-0.2, 0) is 20.9 Å². The van der Waals surface area contributed by atoms with Crippen LogP contribution in [0.3, 0.4) is 0 Å². The minimum Gasteiger partial charge on any atom is -0.457 e. The number of allylic oxidation sites excluding steroid dienone is 3. The molecule has 0 amide bonds. The van der Waals surface area contributed by atoms with Gasteiger partial charge in [0.05, 0.1) is 10.5 Å². The molecule has 0 aromatic heterocycles. The number of hydrogen-bond acceptors (Lipinski definition) is 6. The minimum absolute atomic E-state index is 0.0158. The lowest BCUT2D eigenvalue weighted by molar-refractivity contribution is -0.384. The van der Waals surface area contributed by atoms with Gasteiger partial charge in [-0.25, -0.2) is 4.79 Å². The average molecular weight is 418 g/mol. The highest BCUT2D eigenvalue weighted by Crippen LogP contribution is 2.42. The highest BCUT2D eigenvalue weighted by Gasteiger charge is 2.39. The van der Waals surface area contributed by atoms with Crippen LogP contribution in [0.5, 0.6) is 0 Å². The molecule has 0 spiro atoms. The average Bonchev–Trinajstić information content (AvgIpc) is 2.77. The van der Waals surface area contributed by atoms with Crippen LogP contribution >= 0.6 is 0 Å². The lowest BCUT2D eigenvalue weighted by Crippen LogP contribution is -2.34. The second kappa shape index (κ2) is 8.55. The zero-order valence-electron chi connectivity index (χ0n) is 17.1. The third kappa shape index (κ3) is 4.12. The molecule has 1 atom stereocenters. The molecule has 1 heterocycles. The number of Topliss-reactive ketones (excluding diaryl/α,β-unsaturated/α-hetero) is 1. The van der Waals surface area contributed by atoms with Crippen molar-refractivity contribution in [2.24, 2.45) is 0 Å². The summed E-state index contributed by atoms with van der Waals surface area (Å²) in [5.74, 6) is -1.15. The molecule has 7 heteroatoms. The molecule has 0 radical (unpaired) electrons. The van der Waals surface area contributed by atoms with Gasteiger partial charge in [0.2, 0.25) is 0 Å². The number of rotatable bonds is 5. The summed E-state index contributed by atoms with van der Waals surface area (Å²) in [7, 11) is 0. The number of nitro benzene ring substituents is 1. The quantitative estimate of drug-likeness (QED) is 0.441. The molecule has 2 aromatic carbocycles. The highest BCUT2D eigenvalue weighted by molar-refractivity contribution is 6.03. The van der Waals surface area contributed by atoms with Gasteiger partial charge in [-0.05, 0) is 30.9 Å². The Morgan fingerprint density at radius 3 is 2.52 bits per heavy atom. The molecule has 0 unspecified atom stereocenters. The number of carbonyl (C=O) groups excluding carboxylic acids is 2. The summed E-state index contributed by atoms with van der Waals surface area (Å²) in [6, 6.07) is 15.4. The first-order chi connectivity index (χ1) is 15.0. The third-order valence-electron chi connectivity index (χ3n) is 5.65. The largest absolute Gasteiger partial charge is 0.457 e. The molecule has 4 rings (SSSR count). The summed E-state index contributed by atoms with van der Waals surface area (Å²) in [6.07, 6.45) is 1.88. The molecular formula is C24H22N2O5. The van der Waals surface area contributed by atoms with Gasteiger partial charge in [0.1, 0.15) is 6.61 Å². The first-order valence-electron chi connectivity index (χ1n) is 10.1. The lowest BCUT2D eigenvalue weighted by Gasteiger charge is -2.34. The lowest BCUT2D eigenvalue weighted by atomic mass is 9.75. The number of dihydropyridines is 1. The van der Waals surface area contributed by atoms with E-state index < -0.39 is 16.8 Å². The normalized spacial score (nSPS) is 18.4. The fraction of sp³-hybridized carbons (Fsp3) is 0.250. The summed E-state index contributed by atoms with van der Waals surface area (Å²) in [5, 5.41) is 14.3. The molecule has 0 fully saturated rings. The number of nitrogens with one attached hydrogen (secondary N) is 1. The Balaban J connectivity index is 1.71. The Bertz CT molecular complexity index is 1100. The maximum absolute atomic E-state index is 13.2. The molecule has 7 nitrogen and oxygen atoms in total. The maximum Gasteiger partial charge on any atom is 0.337 e. The van der Waals surface area contributed by atoms with Gasteiger partial charge in [0.15, 0.2) is 5.78 Å². The van der Waals surface area contributed by atoms with Crippen LogP contribution in [-0.4, -0.2) is 16.7 Å². The molecular weight excluding hydrogens is 396 g/mol. The van der Waals surface area contributed by atoms with Crippen molar-refractivity contribution in [3.05, 3.63) is 98.4 Å². The molecule has 2 aliphatic rings. The third-order valence-corrected chi connectivity index (χ3v) is 5.65. The van der Waals surface area contributed by atoms with Gasteiger partial charge >= 0.3 is 5.97 Å². The van der Waals surface area contributed by atoms with Gasteiger partial charge in [-0.1, -0.05) is 42.5 Å². The van der Waals surface area contributed by atoms with E-state index >= 15 is 0 Å². The molecule has 1 aliphatic heterocycles. The number of hydrogen-bond donors (Lipinski definition) is 1. The van der Waals surface area contributed by atoms with Crippen molar-refractivity contribution in [2.75, 3.05) is 0 Å². The monoisotopic (exact) mass is 418 g/mol. The molecule has 0 saturated heterocycles. The number of nitrogens with zero attached hydrogens (tertiary/aromatic N) is 1. The summed E-state index contributed by atoms with van der Waals surface area (Å²) in [6.45, 7) is 1.91. The highest BCUT2D eigenvalue weighted by atomic mass is 16.6. The van der Waals surface area contributed by atoms with Gasteiger partial charge in [0.25, 0.3) is 5.69 Å². The van der Waals surface area contributed by atoms with Gasteiger partial charge in [-0.2, -0.15) is 0 Å². The van der Waals surface area contributed by atoms with Crippen LogP contribution in [0.15, 0.2) is 77.1 Å². The Labute approximate surface area is 179 Å². The molecule has 2 aromatic rings. The summed E-state index contributed by atoms with van der Waals surface area (Å²) < 4.78 is 5.59. The topological polar surface area (TPSA) is 98.5 Å². The van der Waals surface area contributed by atoms with Gasteiger partial charge in [-0.15, -0.1) is 0 Å². The second-order valence-electron chi connectivity index (χ2n) is 7.68. The van der Waals surface area contributed by atoms with Crippen LogP contribution < -0.4 is 5.32 Å². The van der Waals surface area contributed by atoms with Crippen molar-refractivity contribution in [3.8, 4) is 0 Å². The van der Waals surface area contributed by atoms with Crippen molar-refractivity contribution in [2.45, 2.75) is 38.7 Å². The second-order valence-corrected chi connectivity index (χ2v) is 7.68. The van der Waals surface area contributed by atoms with E-state index in [0.29, 0.717) is 35.2 Å². The maximum atomic E-state index is 13.2. The number of carbonyl (C=O) groups is 2. The Kier molecular flexibility index (Phi) is 5.66. The number of esters is 1. The minimum atomic E-state index is -0.617. The number of nitro groups is 1. The van der Waals surface area contributed by atoms with E-state index in [2.05, 4.69) is 5.32 Å². The predicted octanol–water partition coefficient (Wildman–Crippen LogP) is 4.31. The number of benzene rings is 2. The Hall–Kier alpha value is -3.74. The molecule has 31 heavy (non-hydrogen) atoms. The number of ketones is 1. The molecule has 0 saturated carbocycles. The smallest absolute Gasteiger partial charge is 0.337 e. The van der Waals surface area contributed by atoms with Crippen LogP contribution in [0.2, 0.25) is 0 Å². The predicted molar refractivity (Wildman–Crippen MR) is 114 cm³/mol. The fourth-order valence-electron chi connectivity index (χ4n) is 4.18. The Morgan fingerprint density at radius 1 is 1.13 bits per heavy atom. The first-order valence-corrected chi connectivity index (χ1v) is 10.1. The van der Waals surface area contributed by atoms with Crippen molar-refractivity contribution in [1.82, 2.24) is 5.32 Å². The van der Waals surface area contributed by atoms with E-state index in [1.807, 2.05) is 30.3 Å². The van der Waals surface area contributed by atoms with E-state index in [1.165, 1.54) is 12.1 Å². The van der Waals surface area contributed by atoms with Crippen LogP contribution in [0, 0.1) is 10.1 Å². The standard InChI is InChI=1S/C24H22N2O5/c1-15-21(24(28)31-14-16-6-3-2-4-7-16)22(17-10-12-18(13-11-17)26(29)30)23-19(25-15)8-5-9-20(23)27/h2-4,6-7,10-13,22,25H,5,8-9,14H2,1H3/t22-/m0/s1. The fourth-order valence-corrected chi connectivity index (χ4v) is 4.18. The van der Waals surface area contributed by atoms with Crippen molar-refractivity contribution >= 4 is 17.4 Å². The summed E-state index contributed by atoms with van der Waals surface area (Å²) >= 11 is 0. The van der Waals surface area contributed by atoms with Crippen molar-refractivity contribution in [3.63, 3.8) is 0 Å². The van der Waals surface area contributed by atoms with E-state index in [1.54, 1.807) is 19.1 Å². The van der Waals surface area contributed by atoms with Gasteiger partial charge in [0, 0.05) is 41.4 Å². The Morgan fingerprint density at radius 2 is 1.84 bits per heavy atom. The van der Waals surface area contributed by atoms with Gasteiger partial charge in [-0.3, -0.25) is 14.9 Å². The van der Waals surface area contributed by atoms with Crippen molar-refractivity contribution in [1.29, 1.82) is 0 Å². The summed E-state index contributed by atoms with van der Waals surface area (Å²) in [5.41, 5.74) is 3.83. The molecule has 0 bridgehead atoms. The molecule has 1 N–H and O–H groups in total. The van der Waals surface area contributed by atoms with Crippen LogP contribution in [0.4, 0.5) is 5.69 Å². The first kappa shape index (κ1) is 20.5. The van der Waals surface area contributed by atoms with Crippen molar-refractivity contribution < 1.29 is 19.2 Å². The van der Waals surface area contributed by atoms with Gasteiger partial charge < -0.3 is 10.1 Å². The van der Waals surface area contributed by atoms with Crippen LogP contribution in [0.1, 0.15) is 43.2 Å². The van der Waals surface area contributed by atoms with E-state index in [4.69, 9.17) is 4.74 Å². The van der Waals surface area contributed by atoms with E-state index in [-0.39, 0.29) is 18.1 Å². The van der Waals surface area contributed by atoms with E-state index in [9.17, 15) is 19.7 Å². The molecule has 1 aliphatic carbocycles. The van der Waals surface area contributed by atoms with E-state index in [0.717, 1.165) is 17.7 Å². The SMILES string of the molecule is CC1=C(C(=O)OCc2ccccc2)[C@H](c2ccc([N+](=O)[O-])cc2)C2=C(CCCC2=O)N1. The zero-order valence-corrected chi connectivity index (χ0v) is 17.1. The number of non-ortho nitro benzene ring substituents is 1. The number of ether oxygens (including phenoxy) is 1. The summed E-state index contributed by atoms with van der Waals surface area (Å²) in [4.78, 5) is 36.6. The zero-order chi connectivity index (χ0) is 22.0. The molecule has 158 valence electrons. The van der Waals surface area contributed by atoms with Crippen LogP contribution in [0.25, 0.3) is 0 Å².